The Bertz CT molecular complexity index is 8.00. The van der Waals surface area contributed by atoms with Crippen LogP contribution in [-0.2, 0) is 24.3 Å². The van der Waals surface area contributed by atoms with E-state index in [-0.39, 0.29) is 78.4 Å². The summed E-state index contributed by atoms with van der Waals surface area (Å²) in [5.41, 5.74) is 0. The molecule has 0 radical (unpaired) electrons. The standard InChI is InChI=1S/Ba.Na.Nb.O.3H. The Morgan fingerprint density at radius 3 is 1.25 bits per heavy atom. The molecule has 0 saturated heterocycles. The number of hydrogen-bond acceptors (Lipinski definition) is 1. The molecule has 1 nitrogen and oxygen atoms in total. The Kier molecular flexibility index (Phi) is 64.8. The second-order valence-corrected chi connectivity index (χ2v) is 0. The molecule has 0 aromatic rings. The van der Waals surface area contributed by atoms with Crippen LogP contribution in [0.3, 0.4) is 0 Å². The Morgan fingerprint density at radius 2 is 1.25 bits per heavy atom. The molecular weight excluding hydrogens is 269 g/mol. The van der Waals surface area contributed by atoms with E-state index in [0.29, 0.717) is 21.0 Å². The van der Waals surface area contributed by atoms with Crippen molar-refractivity contribution in [2.75, 3.05) is 0 Å². The van der Waals surface area contributed by atoms with Crippen molar-refractivity contribution in [1.82, 2.24) is 0 Å². The van der Waals surface area contributed by atoms with E-state index in [0.717, 1.165) is 0 Å². The number of rotatable bonds is 0. The summed E-state index contributed by atoms with van der Waals surface area (Å²) in [4.78, 5) is 0. The summed E-state index contributed by atoms with van der Waals surface area (Å²) in [6, 6.07) is 0. The van der Waals surface area contributed by atoms with E-state index in [9.17, 15) is 0 Å². The van der Waals surface area contributed by atoms with Gasteiger partial charge >= 0.3 is 103 Å². The van der Waals surface area contributed by atoms with E-state index in [2.05, 4.69) is 0 Å². The zero-order valence-corrected chi connectivity index (χ0v) is 3.05. The first-order valence-electron chi connectivity index (χ1n) is 0.183. The van der Waals surface area contributed by atoms with Gasteiger partial charge in [0.05, 0.1) is 0 Å². The molecule has 0 saturated carbocycles. The summed E-state index contributed by atoms with van der Waals surface area (Å²) in [5, 5.41) is 0. The van der Waals surface area contributed by atoms with Crippen molar-refractivity contribution in [3.8, 4) is 0 Å². The van der Waals surface area contributed by atoms with Crippen LogP contribution in [-0.4, -0.2) is 78.4 Å². The Balaban J connectivity index is -0.00000000500. The van der Waals surface area contributed by atoms with E-state index in [1.807, 2.05) is 0 Å². The van der Waals surface area contributed by atoms with Crippen LogP contribution < -0.4 is 0 Å². The van der Waals surface area contributed by atoms with Gasteiger partial charge in [-0.15, -0.1) is 0 Å². The quantitative estimate of drug-likeness (QED) is 0.481. The molecule has 0 aliphatic heterocycles. The summed E-state index contributed by atoms with van der Waals surface area (Å²) < 4.78 is 8.30. The molecule has 0 fully saturated rings. The molecular formula is H3BaNaNbO. The molecule has 0 aliphatic carbocycles. The van der Waals surface area contributed by atoms with Gasteiger partial charge in [-0.05, 0) is 0 Å². The topological polar surface area (TPSA) is 17.1 Å². The Hall–Kier alpha value is 3.11. The summed E-state index contributed by atoms with van der Waals surface area (Å²) >= 11 is 0.500. The van der Waals surface area contributed by atoms with Crippen LogP contribution in [0.15, 0.2) is 0 Å². The van der Waals surface area contributed by atoms with E-state index >= 15 is 0 Å². The van der Waals surface area contributed by atoms with Crippen LogP contribution in [0.4, 0.5) is 0 Å². The fraction of sp³-hybridized carbons (Fsp3) is 0. The van der Waals surface area contributed by atoms with E-state index in [4.69, 9.17) is 3.25 Å². The van der Waals surface area contributed by atoms with Crippen LogP contribution in [0.25, 0.3) is 0 Å². The van der Waals surface area contributed by atoms with Crippen molar-refractivity contribution in [3.05, 3.63) is 0 Å². The molecule has 0 rings (SSSR count). The van der Waals surface area contributed by atoms with Gasteiger partial charge in [-0.25, -0.2) is 0 Å². The molecule has 0 aliphatic rings. The second-order valence-electron chi connectivity index (χ2n) is 0. The van der Waals surface area contributed by atoms with Gasteiger partial charge in [-0.1, -0.05) is 0 Å². The van der Waals surface area contributed by atoms with Crippen LogP contribution in [0.2, 0.25) is 0 Å². The molecule has 4 heteroatoms. The average Bonchev–Trinajstić information content (AvgIpc) is 1.00. The van der Waals surface area contributed by atoms with Crippen molar-refractivity contribution < 1.29 is 24.3 Å². The Labute approximate surface area is 99.9 Å². The molecule has 0 amide bonds. The molecule has 0 spiro atoms. The van der Waals surface area contributed by atoms with Gasteiger partial charge in [0.2, 0.25) is 0 Å². The van der Waals surface area contributed by atoms with Gasteiger partial charge in [0, 0.05) is 0 Å². The van der Waals surface area contributed by atoms with Gasteiger partial charge in [0.1, 0.15) is 0 Å². The number of hydrogen-bond donors (Lipinski definition) is 0. The monoisotopic (exact) mass is 273 g/mol. The summed E-state index contributed by atoms with van der Waals surface area (Å²) in [6.07, 6.45) is 0. The second kappa shape index (κ2) is 16.5. The van der Waals surface area contributed by atoms with Crippen LogP contribution in [0.1, 0.15) is 0 Å². The fourth-order valence-corrected chi connectivity index (χ4v) is 0. The van der Waals surface area contributed by atoms with Crippen molar-refractivity contribution in [2.45, 2.75) is 0 Å². The Morgan fingerprint density at radius 1 is 1.25 bits per heavy atom. The van der Waals surface area contributed by atoms with Crippen molar-refractivity contribution in [2.24, 2.45) is 0 Å². The molecule has 4 heavy (non-hydrogen) atoms. The van der Waals surface area contributed by atoms with Crippen LogP contribution >= 0.6 is 0 Å². The third kappa shape index (κ3) is 8.93. The van der Waals surface area contributed by atoms with Crippen LogP contribution in [0, 0.1) is 0 Å². The SMILES string of the molecule is [BaH2].[NaH].[O]=[Nb]. The molecule has 0 bridgehead atoms. The van der Waals surface area contributed by atoms with Gasteiger partial charge in [0.15, 0.2) is 0 Å². The van der Waals surface area contributed by atoms with Gasteiger partial charge in [0.25, 0.3) is 0 Å². The first-order chi connectivity index (χ1) is 1.00. The normalized spacial score (nSPS) is 0.750. The first kappa shape index (κ1) is 15.7. The summed E-state index contributed by atoms with van der Waals surface area (Å²) in [6.45, 7) is 0. The predicted molar refractivity (Wildman–Crippen MR) is 16.4 cm³/mol. The maximum absolute atomic E-state index is 8.30. The van der Waals surface area contributed by atoms with E-state index in [1.165, 1.54) is 0 Å². The fourth-order valence-electron chi connectivity index (χ4n) is 0. The third-order valence-electron chi connectivity index (χ3n) is 0. The minimum atomic E-state index is 0. The average molecular weight is 272 g/mol. The zero-order chi connectivity index (χ0) is 2.00. The molecule has 0 aromatic heterocycles. The maximum atomic E-state index is 8.30. The minimum absolute atomic E-state index is 0. The van der Waals surface area contributed by atoms with Crippen molar-refractivity contribution in [3.63, 3.8) is 0 Å². The molecule has 17 valence electrons. The molecule has 0 unspecified atom stereocenters. The molecule has 0 heterocycles. The van der Waals surface area contributed by atoms with Gasteiger partial charge < -0.3 is 0 Å². The third-order valence-corrected chi connectivity index (χ3v) is 0. The van der Waals surface area contributed by atoms with Crippen LogP contribution in [0.5, 0.6) is 0 Å². The van der Waals surface area contributed by atoms with Crippen molar-refractivity contribution in [1.29, 1.82) is 0 Å². The van der Waals surface area contributed by atoms with Gasteiger partial charge in [-0.3, -0.25) is 0 Å². The summed E-state index contributed by atoms with van der Waals surface area (Å²) in [5.74, 6) is 0. The zero-order valence-electron chi connectivity index (χ0n) is 0.855. The first-order valence-corrected chi connectivity index (χ1v) is 1.08. The predicted octanol–water partition coefficient (Wildman–Crippen LogP) is -1.69. The summed E-state index contributed by atoms with van der Waals surface area (Å²) in [7, 11) is 0. The van der Waals surface area contributed by atoms with Gasteiger partial charge in [-0.2, -0.15) is 0 Å². The molecule has 0 N–H and O–H groups in total. The van der Waals surface area contributed by atoms with E-state index < -0.39 is 0 Å². The van der Waals surface area contributed by atoms with Crippen molar-refractivity contribution >= 4 is 78.4 Å². The van der Waals surface area contributed by atoms with E-state index in [1.54, 1.807) is 0 Å². The molecule has 0 atom stereocenters. The molecule has 0 aromatic carbocycles.